The number of thioether (sulfide) groups is 1. The minimum absolute atomic E-state index is 0.0725. The standard InChI is InChI=1S/C20H20BrN5OS/c1-11-4-6-14(7-5-11)17-18(28-20-24-23-13(3)26(20)25-17)19(27)22-15-8-9-16(21)12(2)10-15/h4-10,17-18,25H,1-3H3,(H,22,27)/t17-,18-/m0/s1. The molecule has 2 aromatic carbocycles. The molecule has 1 aromatic heterocycles. The number of anilines is 1. The van der Waals surface area contributed by atoms with Gasteiger partial charge in [0.2, 0.25) is 11.1 Å². The molecule has 0 radical (unpaired) electrons. The average Bonchev–Trinajstić information content (AvgIpc) is 3.04. The smallest absolute Gasteiger partial charge is 0.240 e. The fraction of sp³-hybridized carbons (Fsp3) is 0.250. The Kier molecular flexibility index (Phi) is 5.16. The van der Waals surface area contributed by atoms with E-state index in [1.807, 2.05) is 36.7 Å². The summed E-state index contributed by atoms with van der Waals surface area (Å²) in [5.41, 5.74) is 7.49. The van der Waals surface area contributed by atoms with E-state index in [1.54, 1.807) is 0 Å². The van der Waals surface area contributed by atoms with E-state index in [-0.39, 0.29) is 17.2 Å². The molecule has 0 fully saturated rings. The van der Waals surface area contributed by atoms with Crippen LogP contribution < -0.4 is 10.7 Å². The van der Waals surface area contributed by atoms with Gasteiger partial charge < -0.3 is 10.7 Å². The first-order valence-electron chi connectivity index (χ1n) is 8.91. The molecule has 0 spiro atoms. The van der Waals surface area contributed by atoms with Gasteiger partial charge in [0.05, 0.1) is 6.04 Å². The van der Waals surface area contributed by atoms with Crippen molar-refractivity contribution < 1.29 is 4.79 Å². The van der Waals surface area contributed by atoms with E-state index >= 15 is 0 Å². The van der Waals surface area contributed by atoms with Crippen molar-refractivity contribution in [2.75, 3.05) is 10.7 Å². The Balaban J connectivity index is 1.65. The molecule has 2 atom stereocenters. The molecule has 0 bridgehead atoms. The van der Waals surface area contributed by atoms with Crippen LogP contribution in [0.1, 0.15) is 28.6 Å². The largest absolute Gasteiger partial charge is 0.325 e. The molecule has 1 aliphatic rings. The third-order valence-corrected chi connectivity index (χ3v) is 6.82. The monoisotopic (exact) mass is 457 g/mol. The highest BCUT2D eigenvalue weighted by atomic mass is 79.9. The Morgan fingerprint density at radius 3 is 2.61 bits per heavy atom. The molecule has 2 heterocycles. The fourth-order valence-electron chi connectivity index (χ4n) is 3.12. The lowest BCUT2D eigenvalue weighted by Crippen LogP contribution is -2.41. The molecule has 1 aliphatic heterocycles. The van der Waals surface area contributed by atoms with Gasteiger partial charge in [0.15, 0.2) is 0 Å². The van der Waals surface area contributed by atoms with Crippen molar-refractivity contribution in [1.29, 1.82) is 0 Å². The number of carbonyl (C=O) groups is 1. The van der Waals surface area contributed by atoms with Gasteiger partial charge in [-0.3, -0.25) is 4.79 Å². The first-order valence-corrected chi connectivity index (χ1v) is 10.6. The van der Waals surface area contributed by atoms with Crippen molar-refractivity contribution in [2.24, 2.45) is 0 Å². The Hall–Kier alpha value is -2.32. The summed E-state index contributed by atoms with van der Waals surface area (Å²) in [4.78, 5) is 13.2. The van der Waals surface area contributed by atoms with Crippen LogP contribution in [-0.4, -0.2) is 26.0 Å². The second kappa shape index (κ2) is 7.60. The maximum atomic E-state index is 13.2. The SMILES string of the molecule is Cc1ccc([C@@H]2Nn3c(C)nnc3S[C@@H]2C(=O)Nc2ccc(Br)c(C)c2)cc1. The second-order valence-corrected chi connectivity index (χ2v) is 8.84. The van der Waals surface area contributed by atoms with Crippen LogP contribution in [0, 0.1) is 20.8 Å². The van der Waals surface area contributed by atoms with E-state index in [4.69, 9.17) is 0 Å². The van der Waals surface area contributed by atoms with Gasteiger partial charge in [-0.15, -0.1) is 10.2 Å². The van der Waals surface area contributed by atoms with Crippen LogP contribution in [0.4, 0.5) is 5.69 Å². The third-order valence-electron chi connectivity index (χ3n) is 4.72. The molecule has 4 rings (SSSR count). The molecule has 28 heavy (non-hydrogen) atoms. The Labute approximate surface area is 176 Å². The van der Waals surface area contributed by atoms with Crippen molar-refractivity contribution in [3.63, 3.8) is 0 Å². The maximum absolute atomic E-state index is 13.2. The number of fused-ring (bicyclic) bond motifs is 1. The number of amides is 1. The van der Waals surface area contributed by atoms with E-state index in [0.717, 1.165) is 27.1 Å². The second-order valence-electron chi connectivity index (χ2n) is 6.87. The van der Waals surface area contributed by atoms with Gasteiger partial charge in [0, 0.05) is 10.2 Å². The number of hydrogen-bond acceptors (Lipinski definition) is 5. The molecule has 0 saturated heterocycles. The third kappa shape index (κ3) is 3.66. The lowest BCUT2D eigenvalue weighted by molar-refractivity contribution is -0.116. The van der Waals surface area contributed by atoms with Crippen LogP contribution in [0.5, 0.6) is 0 Å². The minimum Gasteiger partial charge on any atom is -0.325 e. The molecule has 6 nitrogen and oxygen atoms in total. The van der Waals surface area contributed by atoms with E-state index in [9.17, 15) is 4.79 Å². The molecule has 3 aromatic rings. The quantitative estimate of drug-likeness (QED) is 0.610. The molecule has 2 N–H and O–H groups in total. The first kappa shape index (κ1) is 19.0. The van der Waals surface area contributed by atoms with Gasteiger partial charge >= 0.3 is 0 Å². The number of aryl methyl sites for hydroxylation is 3. The normalized spacial score (nSPS) is 18.3. The highest BCUT2D eigenvalue weighted by Gasteiger charge is 2.37. The average molecular weight is 458 g/mol. The fourth-order valence-corrected chi connectivity index (χ4v) is 4.49. The number of benzene rings is 2. The summed E-state index contributed by atoms with van der Waals surface area (Å²) in [5.74, 6) is 0.693. The predicted octanol–water partition coefficient (Wildman–Crippen LogP) is 4.36. The van der Waals surface area contributed by atoms with Gasteiger partial charge in [0.1, 0.15) is 11.1 Å². The molecule has 0 unspecified atom stereocenters. The first-order chi connectivity index (χ1) is 13.4. The number of nitrogens with one attached hydrogen (secondary N) is 2. The highest BCUT2D eigenvalue weighted by Crippen LogP contribution is 2.37. The summed E-state index contributed by atoms with van der Waals surface area (Å²) in [6.07, 6.45) is 0. The molecule has 0 aliphatic carbocycles. The van der Waals surface area contributed by atoms with Gasteiger partial charge in [0.25, 0.3) is 0 Å². The topological polar surface area (TPSA) is 71.8 Å². The maximum Gasteiger partial charge on any atom is 0.240 e. The van der Waals surface area contributed by atoms with Crippen molar-refractivity contribution in [3.05, 3.63) is 69.5 Å². The van der Waals surface area contributed by atoms with Crippen molar-refractivity contribution in [1.82, 2.24) is 14.9 Å². The number of halogens is 1. The zero-order chi connectivity index (χ0) is 19.8. The molecule has 144 valence electrons. The Morgan fingerprint density at radius 2 is 1.89 bits per heavy atom. The summed E-state index contributed by atoms with van der Waals surface area (Å²) in [6, 6.07) is 13.8. The van der Waals surface area contributed by atoms with Crippen LogP contribution in [0.15, 0.2) is 52.1 Å². The zero-order valence-corrected chi connectivity index (χ0v) is 18.1. The van der Waals surface area contributed by atoms with Crippen molar-refractivity contribution >= 4 is 39.3 Å². The summed E-state index contributed by atoms with van der Waals surface area (Å²) in [5, 5.41) is 11.7. The van der Waals surface area contributed by atoms with E-state index in [0.29, 0.717) is 5.16 Å². The molecule has 1 amide bonds. The van der Waals surface area contributed by atoms with Crippen LogP contribution in [0.2, 0.25) is 0 Å². The van der Waals surface area contributed by atoms with Crippen LogP contribution in [-0.2, 0) is 4.79 Å². The van der Waals surface area contributed by atoms with E-state index in [1.165, 1.54) is 17.3 Å². The summed E-state index contributed by atoms with van der Waals surface area (Å²) < 4.78 is 2.86. The zero-order valence-electron chi connectivity index (χ0n) is 15.7. The number of hydrogen-bond donors (Lipinski definition) is 2. The van der Waals surface area contributed by atoms with Crippen LogP contribution in [0.25, 0.3) is 0 Å². The number of nitrogens with zero attached hydrogens (tertiary/aromatic N) is 3. The van der Waals surface area contributed by atoms with Gasteiger partial charge in [-0.05, 0) is 50.1 Å². The number of aromatic nitrogens is 3. The van der Waals surface area contributed by atoms with Gasteiger partial charge in [-0.1, -0.05) is 57.5 Å². The van der Waals surface area contributed by atoms with Crippen molar-refractivity contribution in [3.8, 4) is 0 Å². The molecule has 8 heteroatoms. The Morgan fingerprint density at radius 1 is 1.14 bits per heavy atom. The van der Waals surface area contributed by atoms with Gasteiger partial charge in [-0.2, -0.15) is 0 Å². The van der Waals surface area contributed by atoms with E-state index in [2.05, 4.69) is 68.1 Å². The lowest BCUT2D eigenvalue weighted by Gasteiger charge is -2.32. The van der Waals surface area contributed by atoms with Crippen LogP contribution >= 0.6 is 27.7 Å². The number of carbonyl (C=O) groups excluding carboxylic acids is 1. The van der Waals surface area contributed by atoms with E-state index < -0.39 is 0 Å². The van der Waals surface area contributed by atoms with Crippen LogP contribution in [0.3, 0.4) is 0 Å². The summed E-state index contributed by atoms with van der Waals surface area (Å²) in [6.45, 7) is 5.94. The van der Waals surface area contributed by atoms with Gasteiger partial charge in [-0.25, -0.2) is 4.68 Å². The molecule has 0 saturated carbocycles. The molecular weight excluding hydrogens is 438 g/mol. The minimum atomic E-state index is -0.386. The molecular formula is C20H20BrN5OS. The highest BCUT2D eigenvalue weighted by molar-refractivity contribution is 9.10. The lowest BCUT2D eigenvalue weighted by atomic mass is 10.0. The summed E-state index contributed by atoms with van der Waals surface area (Å²) >= 11 is 4.92. The number of rotatable bonds is 3. The van der Waals surface area contributed by atoms with Crippen molar-refractivity contribution in [2.45, 2.75) is 37.2 Å². The summed E-state index contributed by atoms with van der Waals surface area (Å²) in [7, 11) is 0. The predicted molar refractivity (Wildman–Crippen MR) is 115 cm³/mol. The Bertz CT molecular complexity index is 1030.